The minimum absolute atomic E-state index is 0. The fourth-order valence-corrected chi connectivity index (χ4v) is 2.67. The molecule has 1 aliphatic heterocycles. The fourth-order valence-electron chi connectivity index (χ4n) is 2.67. The summed E-state index contributed by atoms with van der Waals surface area (Å²) >= 11 is 0. The lowest BCUT2D eigenvalue weighted by atomic mass is 9.88. The summed E-state index contributed by atoms with van der Waals surface area (Å²) in [7, 11) is 4.13. The average Bonchev–Trinajstić information content (AvgIpc) is 2.53. The van der Waals surface area contributed by atoms with Gasteiger partial charge in [0.05, 0.1) is 0 Å². The minimum atomic E-state index is -0.0358. The van der Waals surface area contributed by atoms with Crippen LogP contribution in [-0.2, 0) is 11.3 Å². The number of rotatable bonds is 5. The highest BCUT2D eigenvalue weighted by Gasteiger charge is 2.35. The first-order chi connectivity index (χ1) is 10.1. The third-order valence-electron chi connectivity index (χ3n) is 4.40. The van der Waals surface area contributed by atoms with Gasteiger partial charge in [-0.25, -0.2) is 0 Å². The maximum atomic E-state index is 12.3. The topological polar surface area (TPSA) is 67.6 Å². The fraction of sp³-hybridized carbons (Fsp3) is 0.562. The Morgan fingerprint density at radius 2 is 1.86 bits per heavy atom. The van der Waals surface area contributed by atoms with E-state index in [1.54, 1.807) is 0 Å². The number of nitrogens with one attached hydrogen (secondary N) is 1. The molecule has 2 rings (SSSR count). The SMILES string of the molecule is CN(C)C1(CNC(=O)c2ccc(CN)cc2)CCOCC1.Cl. The van der Waals surface area contributed by atoms with E-state index in [1.165, 1.54) is 0 Å². The smallest absolute Gasteiger partial charge is 0.251 e. The van der Waals surface area contributed by atoms with E-state index in [2.05, 4.69) is 24.3 Å². The van der Waals surface area contributed by atoms with E-state index in [4.69, 9.17) is 10.5 Å². The van der Waals surface area contributed by atoms with Crippen LogP contribution in [0.15, 0.2) is 24.3 Å². The van der Waals surface area contributed by atoms with Gasteiger partial charge < -0.3 is 20.7 Å². The molecule has 1 aliphatic rings. The van der Waals surface area contributed by atoms with Crippen LogP contribution in [0.2, 0.25) is 0 Å². The van der Waals surface area contributed by atoms with E-state index >= 15 is 0 Å². The summed E-state index contributed by atoms with van der Waals surface area (Å²) in [6.45, 7) is 2.63. The quantitative estimate of drug-likeness (QED) is 0.858. The van der Waals surface area contributed by atoms with E-state index in [0.29, 0.717) is 18.7 Å². The summed E-state index contributed by atoms with van der Waals surface area (Å²) in [5, 5.41) is 3.06. The molecule has 0 spiro atoms. The molecule has 5 nitrogen and oxygen atoms in total. The van der Waals surface area contributed by atoms with Crippen molar-refractivity contribution in [2.24, 2.45) is 5.73 Å². The Hall–Kier alpha value is -1.14. The van der Waals surface area contributed by atoms with E-state index < -0.39 is 0 Å². The predicted octanol–water partition coefficient (Wildman–Crippen LogP) is 1.41. The van der Waals surface area contributed by atoms with Crippen molar-refractivity contribution >= 4 is 18.3 Å². The second-order valence-electron chi connectivity index (χ2n) is 5.81. The normalized spacial score (nSPS) is 16.9. The summed E-state index contributed by atoms with van der Waals surface area (Å²) in [6, 6.07) is 7.43. The van der Waals surface area contributed by atoms with Gasteiger partial charge in [0, 0.05) is 37.4 Å². The summed E-state index contributed by atoms with van der Waals surface area (Å²) < 4.78 is 5.44. The molecule has 6 heteroatoms. The predicted molar refractivity (Wildman–Crippen MR) is 90.4 cm³/mol. The minimum Gasteiger partial charge on any atom is -0.381 e. The van der Waals surface area contributed by atoms with Crippen LogP contribution < -0.4 is 11.1 Å². The number of hydrogen-bond acceptors (Lipinski definition) is 4. The first kappa shape index (κ1) is 18.9. The van der Waals surface area contributed by atoms with Gasteiger partial charge in [0.1, 0.15) is 0 Å². The molecule has 0 unspecified atom stereocenters. The summed E-state index contributed by atoms with van der Waals surface area (Å²) in [6.07, 6.45) is 1.87. The number of likely N-dealkylation sites (N-methyl/N-ethyl adjacent to an activating group) is 1. The van der Waals surface area contributed by atoms with Crippen LogP contribution in [-0.4, -0.2) is 50.2 Å². The molecule has 0 aromatic heterocycles. The molecule has 0 radical (unpaired) electrons. The van der Waals surface area contributed by atoms with Gasteiger partial charge in [-0.15, -0.1) is 12.4 Å². The van der Waals surface area contributed by atoms with Crippen LogP contribution in [0.3, 0.4) is 0 Å². The third-order valence-corrected chi connectivity index (χ3v) is 4.40. The van der Waals surface area contributed by atoms with Crippen LogP contribution in [0.4, 0.5) is 0 Å². The number of amides is 1. The lowest BCUT2D eigenvalue weighted by Crippen LogP contribution is -2.55. The maximum Gasteiger partial charge on any atom is 0.251 e. The van der Waals surface area contributed by atoms with Crippen molar-refractivity contribution in [3.63, 3.8) is 0 Å². The van der Waals surface area contributed by atoms with E-state index in [0.717, 1.165) is 31.6 Å². The Kier molecular flexibility index (Phi) is 7.29. The molecule has 22 heavy (non-hydrogen) atoms. The van der Waals surface area contributed by atoms with Crippen molar-refractivity contribution in [3.05, 3.63) is 35.4 Å². The van der Waals surface area contributed by atoms with Crippen molar-refractivity contribution in [3.8, 4) is 0 Å². The van der Waals surface area contributed by atoms with Gasteiger partial charge in [0.2, 0.25) is 0 Å². The number of nitrogens with two attached hydrogens (primary N) is 1. The first-order valence-corrected chi connectivity index (χ1v) is 7.40. The molecule has 1 amide bonds. The molecule has 1 heterocycles. The Labute approximate surface area is 138 Å². The highest BCUT2D eigenvalue weighted by molar-refractivity contribution is 5.94. The molecular weight excluding hydrogens is 302 g/mol. The van der Waals surface area contributed by atoms with Crippen molar-refractivity contribution in [2.75, 3.05) is 33.9 Å². The van der Waals surface area contributed by atoms with Gasteiger partial charge in [-0.2, -0.15) is 0 Å². The van der Waals surface area contributed by atoms with Crippen LogP contribution in [0.5, 0.6) is 0 Å². The monoisotopic (exact) mass is 327 g/mol. The lowest BCUT2D eigenvalue weighted by molar-refractivity contribution is -0.00657. The largest absolute Gasteiger partial charge is 0.381 e. The van der Waals surface area contributed by atoms with E-state index in [-0.39, 0.29) is 23.9 Å². The van der Waals surface area contributed by atoms with Crippen molar-refractivity contribution in [2.45, 2.75) is 24.9 Å². The number of hydrogen-bond donors (Lipinski definition) is 2. The van der Waals surface area contributed by atoms with Gasteiger partial charge in [-0.1, -0.05) is 12.1 Å². The second kappa shape index (κ2) is 8.48. The van der Waals surface area contributed by atoms with Crippen molar-refractivity contribution in [1.29, 1.82) is 0 Å². The Morgan fingerprint density at radius 3 is 2.36 bits per heavy atom. The van der Waals surface area contributed by atoms with Crippen LogP contribution in [0, 0.1) is 0 Å². The molecule has 3 N–H and O–H groups in total. The zero-order valence-corrected chi connectivity index (χ0v) is 14.1. The molecule has 1 aromatic carbocycles. The molecule has 0 aliphatic carbocycles. The third kappa shape index (κ3) is 4.43. The number of carbonyl (C=O) groups excluding carboxylic acids is 1. The Bertz CT molecular complexity index is 471. The summed E-state index contributed by atoms with van der Waals surface area (Å²) in [5.41, 5.74) is 7.26. The van der Waals surface area contributed by atoms with Crippen LogP contribution in [0.1, 0.15) is 28.8 Å². The van der Waals surface area contributed by atoms with Gasteiger partial charge >= 0.3 is 0 Å². The molecule has 0 atom stereocenters. The standard InChI is InChI=1S/C16H25N3O2.ClH/c1-19(2)16(7-9-21-10-8-16)12-18-15(20)14-5-3-13(11-17)4-6-14;/h3-6H,7-12,17H2,1-2H3,(H,18,20);1H. The van der Waals surface area contributed by atoms with Crippen molar-refractivity contribution in [1.82, 2.24) is 10.2 Å². The van der Waals surface area contributed by atoms with Crippen LogP contribution in [0.25, 0.3) is 0 Å². The van der Waals surface area contributed by atoms with Gasteiger partial charge in [-0.3, -0.25) is 4.79 Å². The van der Waals surface area contributed by atoms with Crippen molar-refractivity contribution < 1.29 is 9.53 Å². The molecule has 1 fully saturated rings. The molecular formula is C16H26ClN3O2. The van der Waals surface area contributed by atoms with Crippen LogP contribution >= 0.6 is 12.4 Å². The number of ether oxygens (including phenoxy) is 1. The molecule has 0 bridgehead atoms. The number of halogens is 1. The molecule has 1 aromatic rings. The van der Waals surface area contributed by atoms with Gasteiger partial charge in [0.15, 0.2) is 0 Å². The average molecular weight is 328 g/mol. The number of benzene rings is 1. The second-order valence-corrected chi connectivity index (χ2v) is 5.81. The molecule has 1 saturated heterocycles. The van der Waals surface area contributed by atoms with E-state index in [9.17, 15) is 4.79 Å². The first-order valence-electron chi connectivity index (χ1n) is 7.40. The Balaban J connectivity index is 0.00000242. The number of carbonyl (C=O) groups is 1. The molecule has 124 valence electrons. The van der Waals surface area contributed by atoms with E-state index in [1.807, 2.05) is 24.3 Å². The summed E-state index contributed by atoms with van der Waals surface area (Å²) in [5.74, 6) is -0.0358. The highest BCUT2D eigenvalue weighted by atomic mass is 35.5. The number of nitrogens with zero attached hydrogens (tertiary/aromatic N) is 1. The maximum absolute atomic E-state index is 12.3. The van der Waals surface area contributed by atoms with Gasteiger partial charge in [-0.05, 0) is 44.6 Å². The Morgan fingerprint density at radius 1 is 1.27 bits per heavy atom. The molecule has 0 saturated carbocycles. The zero-order chi connectivity index (χ0) is 15.3. The lowest BCUT2D eigenvalue weighted by Gasteiger charge is -2.42. The highest BCUT2D eigenvalue weighted by Crippen LogP contribution is 2.25. The zero-order valence-electron chi connectivity index (χ0n) is 13.3. The summed E-state index contributed by atoms with van der Waals surface area (Å²) in [4.78, 5) is 14.5. The van der Waals surface area contributed by atoms with Gasteiger partial charge in [0.25, 0.3) is 5.91 Å².